The molecule has 1 amide bonds. The molecule has 0 radical (unpaired) electrons. The lowest BCUT2D eigenvalue weighted by molar-refractivity contribution is 0.0599. The Hall–Kier alpha value is -3.55. The Morgan fingerprint density at radius 1 is 1.06 bits per heavy atom. The zero-order valence-corrected chi connectivity index (χ0v) is 18.2. The average molecular weight is 416 g/mol. The van der Waals surface area contributed by atoms with E-state index >= 15 is 0 Å². The molecule has 0 aliphatic carbocycles. The van der Waals surface area contributed by atoms with E-state index in [-0.39, 0.29) is 5.91 Å². The van der Waals surface area contributed by atoms with Gasteiger partial charge in [-0.05, 0) is 75.9 Å². The molecule has 1 unspecified atom stereocenters. The lowest BCUT2D eigenvalue weighted by atomic mass is 9.97. The number of aromatic nitrogens is 6. The number of imidazole rings is 1. The van der Waals surface area contributed by atoms with Crippen LogP contribution in [0.4, 0.5) is 0 Å². The number of aromatic amines is 1. The van der Waals surface area contributed by atoms with Gasteiger partial charge in [-0.15, -0.1) is 4.80 Å². The first kappa shape index (κ1) is 19.4. The van der Waals surface area contributed by atoms with Crippen LogP contribution in [0.25, 0.3) is 16.7 Å². The monoisotopic (exact) mass is 415 g/mol. The molecule has 1 aliphatic heterocycles. The first-order valence-electron chi connectivity index (χ1n) is 10.5. The second-order valence-electron chi connectivity index (χ2n) is 8.51. The van der Waals surface area contributed by atoms with Crippen LogP contribution in [0.1, 0.15) is 52.9 Å². The van der Waals surface area contributed by atoms with Gasteiger partial charge in [-0.2, -0.15) is 10.2 Å². The number of nitrogens with zero attached hydrogens (tertiary/aromatic N) is 6. The molecule has 5 rings (SSSR count). The highest BCUT2D eigenvalue weighted by molar-refractivity contribution is 5.96. The maximum atomic E-state index is 13.8. The number of fused-ring (bicyclic) bond motifs is 1. The Kier molecular flexibility index (Phi) is 4.39. The van der Waals surface area contributed by atoms with Gasteiger partial charge in [-0.25, -0.2) is 9.97 Å². The summed E-state index contributed by atoms with van der Waals surface area (Å²) in [5.41, 5.74) is 5.50. The van der Waals surface area contributed by atoms with E-state index in [1.54, 1.807) is 12.4 Å². The number of pyridine rings is 1. The van der Waals surface area contributed by atoms with E-state index in [1.165, 1.54) is 15.9 Å². The summed E-state index contributed by atoms with van der Waals surface area (Å²) in [7, 11) is 0. The summed E-state index contributed by atoms with van der Waals surface area (Å²) in [5, 5.41) is 8.40. The molecule has 4 aromatic rings. The van der Waals surface area contributed by atoms with Crippen LogP contribution in [0.3, 0.4) is 0 Å². The third-order valence-electron chi connectivity index (χ3n) is 6.34. The number of likely N-dealkylation sites (tertiary alicyclic amines) is 1. The first-order chi connectivity index (χ1) is 14.9. The Balaban J connectivity index is 1.58. The normalized spacial score (nSPS) is 18.8. The van der Waals surface area contributed by atoms with Gasteiger partial charge in [0.15, 0.2) is 5.69 Å². The molecule has 1 aromatic carbocycles. The molecule has 1 aliphatic rings. The van der Waals surface area contributed by atoms with Crippen LogP contribution in [0.5, 0.6) is 0 Å². The van der Waals surface area contributed by atoms with Crippen molar-refractivity contribution in [2.75, 3.05) is 6.54 Å². The fraction of sp³-hybridized carbons (Fsp3) is 0.348. The van der Waals surface area contributed by atoms with Gasteiger partial charge in [0.05, 0.1) is 29.0 Å². The predicted molar refractivity (Wildman–Crippen MR) is 117 cm³/mol. The van der Waals surface area contributed by atoms with Crippen molar-refractivity contribution < 1.29 is 4.79 Å². The van der Waals surface area contributed by atoms with E-state index in [4.69, 9.17) is 4.98 Å². The van der Waals surface area contributed by atoms with Gasteiger partial charge in [0.2, 0.25) is 0 Å². The van der Waals surface area contributed by atoms with Crippen molar-refractivity contribution in [2.24, 2.45) is 0 Å². The summed E-state index contributed by atoms with van der Waals surface area (Å²) < 4.78 is 0. The van der Waals surface area contributed by atoms with Gasteiger partial charge in [0.1, 0.15) is 11.5 Å². The molecule has 0 saturated carbocycles. The standard InChI is InChI=1S/C23H25N7O/c1-14-12-17-18(13-15(14)2)28-22(27-17)23(4)8-5-11-29(23)21(31)20-19(7-6-16(3)26-20)30-24-9-10-25-30/h6-7,9-10,12-13H,5,8,11H2,1-4H3,(H,27,28). The maximum Gasteiger partial charge on any atom is 0.275 e. The molecule has 4 heterocycles. The fourth-order valence-electron chi connectivity index (χ4n) is 4.40. The number of carbonyl (C=O) groups excluding carboxylic acids is 1. The van der Waals surface area contributed by atoms with E-state index in [9.17, 15) is 4.79 Å². The summed E-state index contributed by atoms with van der Waals surface area (Å²) in [6, 6.07) is 7.92. The minimum absolute atomic E-state index is 0.135. The minimum atomic E-state index is -0.543. The van der Waals surface area contributed by atoms with Crippen molar-refractivity contribution in [3.63, 3.8) is 0 Å². The molecule has 0 bridgehead atoms. The summed E-state index contributed by atoms with van der Waals surface area (Å²) in [6.07, 6.45) is 4.91. The molecule has 3 aromatic heterocycles. The Bertz CT molecular complexity index is 1250. The smallest absolute Gasteiger partial charge is 0.275 e. The largest absolute Gasteiger partial charge is 0.340 e. The molecule has 8 nitrogen and oxygen atoms in total. The molecule has 1 saturated heterocycles. The van der Waals surface area contributed by atoms with Crippen molar-refractivity contribution in [1.29, 1.82) is 0 Å². The number of H-pyrrole nitrogens is 1. The third-order valence-corrected chi connectivity index (χ3v) is 6.34. The number of rotatable bonds is 3. The van der Waals surface area contributed by atoms with Crippen molar-refractivity contribution in [1.82, 2.24) is 34.8 Å². The van der Waals surface area contributed by atoms with Crippen molar-refractivity contribution in [2.45, 2.75) is 46.1 Å². The summed E-state index contributed by atoms with van der Waals surface area (Å²) >= 11 is 0. The van der Waals surface area contributed by atoms with E-state index in [0.29, 0.717) is 17.9 Å². The Morgan fingerprint density at radius 3 is 2.58 bits per heavy atom. The quantitative estimate of drug-likeness (QED) is 0.552. The highest BCUT2D eigenvalue weighted by atomic mass is 16.2. The van der Waals surface area contributed by atoms with Crippen LogP contribution in [-0.2, 0) is 5.54 Å². The van der Waals surface area contributed by atoms with Gasteiger partial charge in [0.25, 0.3) is 5.91 Å². The topological polar surface area (TPSA) is 92.6 Å². The minimum Gasteiger partial charge on any atom is -0.340 e. The highest BCUT2D eigenvalue weighted by Gasteiger charge is 2.44. The molecule has 1 atom stereocenters. The Morgan fingerprint density at radius 2 is 1.81 bits per heavy atom. The van der Waals surface area contributed by atoms with Crippen molar-refractivity contribution in [3.8, 4) is 5.69 Å². The number of benzene rings is 1. The fourth-order valence-corrected chi connectivity index (χ4v) is 4.40. The number of amides is 1. The molecular formula is C23H25N7O. The average Bonchev–Trinajstić information content (AvgIpc) is 3.48. The van der Waals surface area contributed by atoms with Gasteiger partial charge < -0.3 is 9.88 Å². The second kappa shape index (κ2) is 7.01. The van der Waals surface area contributed by atoms with Crippen LogP contribution >= 0.6 is 0 Å². The SMILES string of the molecule is Cc1ccc(-n2nccn2)c(C(=O)N2CCCC2(C)c2nc3cc(C)c(C)cc3[nH]2)n1. The van der Waals surface area contributed by atoms with Crippen molar-refractivity contribution >= 4 is 16.9 Å². The van der Waals surface area contributed by atoms with Gasteiger partial charge >= 0.3 is 0 Å². The molecule has 158 valence electrons. The van der Waals surface area contributed by atoms with Gasteiger partial charge in [-0.1, -0.05) is 0 Å². The molecule has 31 heavy (non-hydrogen) atoms. The lowest BCUT2D eigenvalue weighted by Gasteiger charge is -2.33. The number of hydrogen-bond acceptors (Lipinski definition) is 5. The molecule has 1 N–H and O–H groups in total. The van der Waals surface area contributed by atoms with E-state index in [0.717, 1.165) is 35.4 Å². The molecule has 8 heteroatoms. The molecule has 1 fully saturated rings. The van der Waals surface area contributed by atoms with Crippen LogP contribution < -0.4 is 0 Å². The van der Waals surface area contributed by atoms with Crippen LogP contribution in [0, 0.1) is 20.8 Å². The van der Waals surface area contributed by atoms with Crippen molar-refractivity contribution in [3.05, 3.63) is 65.0 Å². The van der Waals surface area contributed by atoms with Crippen LogP contribution in [0.15, 0.2) is 36.7 Å². The molecule has 0 spiro atoms. The summed E-state index contributed by atoms with van der Waals surface area (Å²) in [4.78, 5) is 30.1. The van der Waals surface area contributed by atoms with Gasteiger partial charge in [-0.3, -0.25) is 4.79 Å². The zero-order valence-electron chi connectivity index (χ0n) is 18.2. The number of nitrogens with one attached hydrogen (secondary N) is 1. The second-order valence-corrected chi connectivity index (χ2v) is 8.51. The number of aryl methyl sites for hydroxylation is 3. The predicted octanol–water partition coefficient (Wildman–Crippen LogP) is 3.62. The summed E-state index contributed by atoms with van der Waals surface area (Å²) in [5.74, 6) is 0.675. The van der Waals surface area contributed by atoms with Gasteiger partial charge in [0, 0.05) is 12.2 Å². The van der Waals surface area contributed by atoms with E-state index in [1.807, 2.05) is 24.0 Å². The Labute approximate surface area is 180 Å². The van der Waals surface area contributed by atoms with Crippen LogP contribution in [-0.4, -0.2) is 47.3 Å². The lowest BCUT2D eigenvalue weighted by Crippen LogP contribution is -2.44. The number of carbonyl (C=O) groups is 1. The zero-order chi connectivity index (χ0) is 21.8. The van der Waals surface area contributed by atoms with Crippen LogP contribution in [0.2, 0.25) is 0 Å². The maximum absolute atomic E-state index is 13.8. The molecular weight excluding hydrogens is 390 g/mol. The summed E-state index contributed by atoms with van der Waals surface area (Å²) in [6.45, 7) is 8.79. The van der Waals surface area contributed by atoms with E-state index < -0.39 is 5.54 Å². The third kappa shape index (κ3) is 3.10. The first-order valence-corrected chi connectivity index (χ1v) is 10.5. The van der Waals surface area contributed by atoms with E-state index in [2.05, 4.69) is 53.1 Å². The number of hydrogen-bond donors (Lipinski definition) is 1. The highest BCUT2D eigenvalue weighted by Crippen LogP contribution is 2.39.